The molecule has 8 bridgehead atoms. The van der Waals surface area contributed by atoms with Crippen LogP contribution in [0.15, 0.2) is 97.1 Å². The summed E-state index contributed by atoms with van der Waals surface area (Å²) < 4.78 is 18.3. The number of nitrogens with zero attached hydrogens (tertiary/aromatic N) is 6. The van der Waals surface area contributed by atoms with E-state index in [1.54, 1.807) is 0 Å². The third kappa shape index (κ3) is 5.39. The van der Waals surface area contributed by atoms with Crippen molar-refractivity contribution in [3.63, 3.8) is 0 Å². The Labute approximate surface area is 279 Å². The fourth-order valence-electron chi connectivity index (χ4n) is 5.59. The van der Waals surface area contributed by atoms with Gasteiger partial charge in [0.1, 0.15) is 22.6 Å². The first-order valence-electron chi connectivity index (χ1n) is 13.6. The SMILES string of the molecule is O=S(=O)(Cl)Cl.[Ni].c1ccc2c(c1)-c1nc-2nc2[nH]c(nc3nc(nc4[nH]c(n1)c1ccccc41)-c1ccccc1-3)c1ccccc21. The molecule has 0 radical (unpaired) electrons. The van der Waals surface area contributed by atoms with E-state index in [4.69, 9.17) is 38.3 Å². The fourth-order valence-corrected chi connectivity index (χ4v) is 5.59. The van der Waals surface area contributed by atoms with Crippen LogP contribution in [-0.4, -0.2) is 48.3 Å². The van der Waals surface area contributed by atoms with Gasteiger partial charge in [-0.25, -0.2) is 29.9 Å². The van der Waals surface area contributed by atoms with Crippen LogP contribution in [0, 0.1) is 0 Å². The van der Waals surface area contributed by atoms with Gasteiger partial charge in [-0.1, -0.05) is 97.1 Å². The molecule has 14 heteroatoms. The van der Waals surface area contributed by atoms with Crippen molar-refractivity contribution >= 4 is 73.8 Å². The second kappa shape index (κ2) is 11.6. The summed E-state index contributed by atoms with van der Waals surface area (Å²) in [5, 5.41) is 3.82. The number of halogens is 2. The number of aromatic nitrogens is 8. The van der Waals surface area contributed by atoms with Crippen LogP contribution in [0.2, 0.25) is 0 Å². The predicted octanol–water partition coefficient (Wildman–Crippen LogP) is 7.58. The van der Waals surface area contributed by atoms with E-state index in [9.17, 15) is 0 Å². The minimum atomic E-state index is -3.72. The molecule has 0 fully saturated rings. The number of benzene rings is 4. The van der Waals surface area contributed by atoms with E-state index < -0.39 is 8.26 Å². The minimum absolute atomic E-state index is 0. The number of hydrogen-bond donors (Lipinski definition) is 2. The van der Waals surface area contributed by atoms with Gasteiger partial charge in [-0.05, 0) is 0 Å². The number of aromatic amines is 2. The summed E-state index contributed by atoms with van der Waals surface area (Å²) in [7, 11) is 4.81. The maximum Gasteiger partial charge on any atom is 0.317 e. The van der Waals surface area contributed by atoms with E-state index >= 15 is 0 Å². The van der Waals surface area contributed by atoms with E-state index in [1.807, 2.05) is 97.1 Å². The summed E-state index contributed by atoms with van der Waals surface area (Å²) in [5.41, 5.74) is 6.45. The average Bonchev–Trinajstić information content (AvgIpc) is 3.76. The summed E-state index contributed by atoms with van der Waals surface area (Å²) in [5.74, 6) is 2.39. The fraction of sp³-hybridized carbons (Fsp3) is 0. The van der Waals surface area contributed by atoms with Crippen molar-refractivity contribution in [3.05, 3.63) is 97.1 Å². The van der Waals surface area contributed by atoms with Crippen LogP contribution < -0.4 is 0 Å². The van der Waals surface area contributed by atoms with Crippen molar-refractivity contribution in [2.45, 2.75) is 0 Å². The van der Waals surface area contributed by atoms with Crippen LogP contribution in [0.4, 0.5) is 0 Å². The van der Waals surface area contributed by atoms with Crippen molar-refractivity contribution < 1.29 is 24.9 Å². The second-order valence-electron chi connectivity index (χ2n) is 10.2. The molecule has 9 rings (SSSR count). The minimum Gasteiger partial charge on any atom is -0.324 e. The summed E-state index contributed by atoms with van der Waals surface area (Å²) in [4.78, 5) is 36.8. The van der Waals surface area contributed by atoms with E-state index in [1.165, 1.54) is 0 Å². The van der Waals surface area contributed by atoms with Crippen molar-refractivity contribution in [1.29, 1.82) is 0 Å². The zero-order valence-electron chi connectivity index (χ0n) is 23.2. The van der Waals surface area contributed by atoms with Crippen LogP contribution in [0.3, 0.4) is 0 Å². The summed E-state index contributed by atoms with van der Waals surface area (Å²) >= 11 is 0. The standard InChI is InChI=1S/C32H18N8.Cl2O2S.Ni/c1-2-10-18-17(9-1)25-33-26(18)38-28-21-13-5-6-14-22(21)30(35-28)40-32-24-16-8-7-15-23(24)31(36-32)39-29-20-12-4-3-11-19(20)27(34-29)37-25;1-5(2,3)4;/h1-16H,(H2,33,34,35,36,37,38,39,40);;. The Morgan fingerprint density at radius 1 is 0.413 bits per heavy atom. The molecule has 4 aromatic carbocycles. The van der Waals surface area contributed by atoms with Crippen molar-refractivity contribution in [2.24, 2.45) is 0 Å². The molecule has 0 saturated heterocycles. The van der Waals surface area contributed by atoms with Gasteiger partial charge in [-0.3, -0.25) is 0 Å². The van der Waals surface area contributed by atoms with Gasteiger partial charge in [0.25, 0.3) is 0 Å². The maximum atomic E-state index is 9.16. The zero-order chi connectivity index (χ0) is 30.7. The first kappa shape index (κ1) is 29.9. The maximum absolute atomic E-state index is 9.16. The van der Waals surface area contributed by atoms with E-state index in [0.717, 1.165) is 43.8 Å². The predicted molar refractivity (Wildman–Crippen MR) is 177 cm³/mol. The molecule has 2 N–H and O–H groups in total. The molecule has 0 saturated carbocycles. The largest absolute Gasteiger partial charge is 0.324 e. The first-order chi connectivity index (χ1) is 21.8. The van der Waals surface area contributed by atoms with Gasteiger partial charge in [0.05, 0.1) is 0 Å². The second-order valence-corrected chi connectivity index (χ2v) is 13.8. The number of rotatable bonds is 0. The normalized spacial score (nSPS) is 11.7. The number of hydrogen-bond acceptors (Lipinski definition) is 8. The van der Waals surface area contributed by atoms with Crippen molar-refractivity contribution in [3.8, 4) is 45.6 Å². The third-order valence-corrected chi connectivity index (χ3v) is 7.46. The number of fused-ring (bicyclic) bond motifs is 20. The van der Waals surface area contributed by atoms with Gasteiger partial charge in [0, 0.05) is 81.7 Å². The van der Waals surface area contributed by atoms with E-state index in [2.05, 4.69) is 31.3 Å². The van der Waals surface area contributed by atoms with Gasteiger partial charge in [0.2, 0.25) is 0 Å². The molecule has 0 amide bonds. The quantitative estimate of drug-likeness (QED) is 0.121. The molecule has 5 heterocycles. The van der Waals surface area contributed by atoms with Gasteiger partial charge in [-0.2, -0.15) is 8.42 Å². The Morgan fingerprint density at radius 3 is 0.870 bits per heavy atom. The molecule has 3 aromatic heterocycles. The smallest absolute Gasteiger partial charge is 0.317 e. The molecule has 2 aliphatic rings. The Morgan fingerprint density at radius 2 is 0.630 bits per heavy atom. The van der Waals surface area contributed by atoms with Crippen molar-refractivity contribution in [1.82, 2.24) is 39.9 Å². The Hall–Kier alpha value is -4.74. The third-order valence-electron chi connectivity index (χ3n) is 7.46. The van der Waals surface area contributed by atoms with E-state index in [0.29, 0.717) is 45.9 Å². The topological polar surface area (TPSA) is 143 Å². The number of H-pyrrole nitrogens is 2. The zero-order valence-corrected chi connectivity index (χ0v) is 26.5. The molecule has 10 nitrogen and oxygen atoms in total. The van der Waals surface area contributed by atoms with Gasteiger partial charge in [-0.15, -0.1) is 0 Å². The van der Waals surface area contributed by atoms with Crippen LogP contribution in [0.1, 0.15) is 0 Å². The first-order valence-corrected chi connectivity index (χ1v) is 16.8. The Bertz CT molecular complexity index is 2300. The summed E-state index contributed by atoms with van der Waals surface area (Å²) in [6.45, 7) is 0. The van der Waals surface area contributed by atoms with E-state index in [-0.39, 0.29) is 16.5 Å². The Kier molecular flexibility index (Phi) is 7.53. The molecule has 0 unspecified atom stereocenters. The van der Waals surface area contributed by atoms with Crippen LogP contribution in [-0.2, 0) is 24.8 Å². The van der Waals surface area contributed by atoms with Gasteiger partial charge >= 0.3 is 8.26 Å². The van der Waals surface area contributed by atoms with Crippen molar-refractivity contribution in [2.75, 3.05) is 0 Å². The average molecular weight is 708 g/mol. The van der Waals surface area contributed by atoms with Crippen LogP contribution >= 0.6 is 21.4 Å². The van der Waals surface area contributed by atoms with Gasteiger partial charge in [0.15, 0.2) is 23.3 Å². The molecule has 228 valence electrons. The summed E-state index contributed by atoms with van der Waals surface area (Å²) in [6.07, 6.45) is 0. The molecule has 0 atom stereocenters. The summed E-state index contributed by atoms with van der Waals surface area (Å²) in [6, 6.07) is 32.2. The monoisotopic (exact) mass is 706 g/mol. The number of nitrogens with one attached hydrogen (secondary N) is 2. The molecular formula is C32H18Cl2N8NiO2S. The molecule has 2 aliphatic heterocycles. The van der Waals surface area contributed by atoms with Gasteiger partial charge < -0.3 is 9.97 Å². The molecular weight excluding hydrogens is 690 g/mol. The molecule has 0 spiro atoms. The molecule has 0 aliphatic carbocycles. The Balaban J connectivity index is 0.000000526. The molecule has 46 heavy (non-hydrogen) atoms. The van der Waals surface area contributed by atoms with Crippen LogP contribution in [0.25, 0.3) is 89.7 Å². The molecule has 7 aromatic rings. The van der Waals surface area contributed by atoms with Crippen LogP contribution in [0.5, 0.6) is 0 Å².